The highest BCUT2D eigenvalue weighted by atomic mass is 16.6. The largest absolute Gasteiger partial charge is 0.477 e. The first kappa shape index (κ1) is 16.9. The Kier molecular flexibility index (Phi) is 4.93. The number of nitrogens with zero attached hydrogens (tertiary/aromatic N) is 1. The molecule has 0 atom stereocenters. The molecule has 6 heteroatoms. The number of esters is 1. The van der Waals surface area contributed by atoms with Crippen LogP contribution in [0.25, 0.3) is 0 Å². The number of aromatic nitrogens is 1. The van der Waals surface area contributed by atoms with Crippen LogP contribution in [0.1, 0.15) is 56.5 Å². The van der Waals surface area contributed by atoms with Crippen LogP contribution >= 0.6 is 0 Å². The van der Waals surface area contributed by atoms with Gasteiger partial charge in [0, 0.05) is 6.20 Å². The molecule has 0 aliphatic heterocycles. The normalized spacial score (nSPS) is 11.5. The van der Waals surface area contributed by atoms with Gasteiger partial charge in [-0.3, -0.25) is 9.59 Å². The molecule has 0 aliphatic rings. The summed E-state index contributed by atoms with van der Waals surface area (Å²) < 4.78 is 6.24. The third kappa shape index (κ3) is 4.73. The monoisotopic (exact) mass is 295 g/mol. The van der Waals surface area contributed by atoms with Gasteiger partial charge in [-0.1, -0.05) is 13.8 Å². The van der Waals surface area contributed by atoms with Crippen molar-refractivity contribution in [1.29, 1.82) is 0 Å². The highest BCUT2D eigenvalue weighted by Crippen LogP contribution is 2.14. The van der Waals surface area contributed by atoms with Crippen LogP contribution in [0.15, 0.2) is 17.1 Å². The van der Waals surface area contributed by atoms with E-state index in [0.29, 0.717) is 5.56 Å². The van der Waals surface area contributed by atoms with Gasteiger partial charge >= 0.3 is 11.9 Å². The second-order valence-corrected chi connectivity index (χ2v) is 6.17. The number of carboxylic acids is 1. The van der Waals surface area contributed by atoms with E-state index in [9.17, 15) is 14.4 Å². The summed E-state index contributed by atoms with van der Waals surface area (Å²) >= 11 is 0. The van der Waals surface area contributed by atoms with E-state index in [-0.39, 0.29) is 18.0 Å². The number of carbonyl (C=O) groups excluding carboxylic acids is 1. The lowest BCUT2D eigenvalue weighted by molar-refractivity contribution is -0.155. The Hall–Kier alpha value is -2.11. The van der Waals surface area contributed by atoms with E-state index in [0.717, 1.165) is 4.57 Å². The van der Waals surface area contributed by atoms with Gasteiger partial charge in [-0.05, 0) is 38.3 Å². The highest BCUT2D eigenvalue weighted by Gasteiger charge is 2.20. The molecule has 1 aromatic rings. The number of carboxylic acid groups (broad SMARTS) is 1. The van der Waals surface area contributed by atoms with Gasteiger partial charge in [0.1, 0.15) is 17.7 Å². The molecule has 1 aromatic heterocycles. The summed E-state index contributed by atoms with van der Waals surface area (Å²) in [6, 6.07) is 1.35. The molecule has 0 saturated carbocycles. The van der Waals surface area contributed by atoms with Crippen LogP contribution in [-0.4, -0.2) is 27.2 Å². The molecule has 0 fully saturated rings. The third-order valence-corrected chi connectivity index (χ3v) is 2.72. The zero-order valence-electron chi connectivity index (χ0n) is 13.0. The molecular formula is C15H21NO5. The standard InChI is InChI=1S/C15H21NO5/c1-9(2)10-6-11(14(19)20)13(18)16(7-10)8-12(17)21-15(3,4)5/h6-7,9H,8H2,1-5H3,(H,19,20). The van der Waals surface area contributed by atoms with Crippen molar-refractivity contribution >= 4 is 11.9 Å². The van der Waals surface area contributed by atoms with Gasteiger partial charge in [0.25, 0.3) is 5.56 Å². The fourth-order valence-corrected chi connectivity index (χ4v) is 1.76. The Morgan fingerprint density at radius 2 is 1.90 bits per heavy atom. The Labute approximate surface area is 123 Å². The topological polar surface area (TPSA) is 85.6 Å². The summed E-state index contributed by atoms with van der Waals surface area (Å²) in [5, 5.41) is 9.09. The number of hydrogen-bond acceptors (Lipinski definition) is 4. The predicted molar refractivity (Wildman–Crippen MR) is 77.6 cm³/mol. The van der Waals surface area contributed by atoms with Crippen molar-refractivity contribution in [2.75, 3.05) is 0 Å². The molecule has 0 aromatic carbocycles. The average molecular weight is 295 g/mol. The second-order valence-electron chi connectivity index (χ2n) is 6.17. The second kappa shape index (κ2) is 6.11. The van der Waals surface area contributed by atoms with Crippen LogP contribution in [0.3, 0.4) is 0 Å². The summed E-state index contributed by atoms with van der Waals surface area (Å²) in [6.45, 7) is 8.62. The first-order chi connectivity index (χ1) is 9.51. The molecule has 0 unspecified atom stereocenters. The SMILES string of the molecule is CC(C)c1cc(C(=O)O)c(=O)n(CC(=O)OC(C)(C)C)c1. The van der Waals surface area contributed by atoms with E-state index in [4.69, 9.17) is 9.84 Å². The van der Waals surface area contributed by atoms with Crippen LogP contribution in [0.2, 0.25) is 0 Å². The third-order valence-electron chi connectivity index (χ3n) is 2.72. The molecule has 0 amide bonds. The van der Waals surface area contributed by atoms with E-state index >= 15 is 0 Å². The van der Waals surface area contributed by atoms with Crippen molar-refractivity contribution in [1.82, 2.24) is 4.57 Å². The first-order valence-electron chi connectivity index (χ1n) is 6.71. The molecule has 0 bridgehead atoms. The summed E-state index contributed by atoms with van der Waals surface area (Å²) in [7, 11) is 0. The maximum Gasteiger partial charge on any atom is 0.341 e. The minimum absolute atomic E-state index is 0.0357. The molecule has 0 aliphatic carbocycles. The van der Waals surface area contributed by atoms with Crippen molar-refractivity contribution in [3.8, 4) is 0 Å². The van der Waals surface area contributed by atoms with Crippen molar-refractivity contribution in [2.24, 2.45) is 0 Å². The fourth-order valence-electron chi connectivity index (χ4n) is 1.76. The Morgan fingerprint density at radius 3 is 2.33 bits per heavy atom. The molecule has 0 radical (unpaired) electrons. The van der Waals surface area contributed by atoms with Crippen LogP contribution in [0, 0.1) is 0 Å². The quantitative estimate of drug-likeness (QED) is 0.859. The molecule has 6 nitrogen and oxygen atoms in total. The predicted octanol–water partition coefficient (Wildman–Crippen LogP) is 2.01. The number of ether oxygens (including phenoxy) is 1. The average Bonchev–Trinajstić information content (AvgIpc) is 2.28. The maximum absolute atomic E-state index is 12.1. The summed E-state index contributed by atoms with van der Waals surface area (Å²) in [5.74, 6) is -1.85. The molecule has 21 heavy (non-hydrogen) atoms. The Morgan fingerprint density at radius 1 is 1.33 bits per heavy atom. The zero-order chi connectivity index (χ0) is 16.4. The number of aromatic carboxylic acids is 1. The fraction of sp³-hybridized carbons (Fsp3) is 0.533. The van der Waals surface area contributed by atoms with Gasteiger partial charge in [0.2, 0.25) is 0 Å². The first-order valence-corrected chi connectivity index (χ1v) is 6.71. The zero-order valence-corrected chi connectivity index (χ0v) is 13.0. The summed E-state index contributed by atoms with van der Waals surface area (Å²) in [5.41, 5.74) is -1.04. The minimum Gasteiger partial charge on any atom is -0.477 e. The van der Waals surface area contributed by atoms with E-state index in [1.165, 1.54) is 12.3 Å². The van der Waals surface area contributed by atoms with Gasteiger partial charge in [-0.15, -0.1) is 0 Å². The Balaban J connectivity index is 3.20. The Bertz CT molecular complexity index is 607. The van der Waals surface area contributed by atoms with Gasteiger partial charge in [0.05, 0.1) is 0 Å². The van der Waals surface area contributed by atoms with Crippen LogP contribution < -0.4 is 5.56 Å². The smallest absolute Gasteiger partial charge is 0.341 e. The lowest BCUT2D eigenvalue weighted by Gasteiger charge is -2.20. The highest BCUT2D eigenvalue weighted by molar-refractivity contribution is 5.87. The molecule has 116 valence electrons. The van der Waals surface area contributed by atoms with Gasteiger partial charge < -0.3 is 14.4 Å². The van der Waals surface area contributed by atoms with Crippen LogP contribution in [0.5, 0.6) is 0 Å². The van der Waals surface area contributed by atoms with Crippen molar-refractivity contribution in [2.45, 2.75) is 52.7 Å². The summed E-state index contributed by atoms with van der Waals surface area (Å²) in [6.07, 6.45) is 1.50. The minimum atomic E-state index is -1.31. The summed E-state index contributed by atoms with van der Waals surface area (Å²) in [4.78, 5) is 35.0. The van der Waals surface area contributed by atoms with Gasteiger partial charge in [-0.2, -0.15) is 0 Å². The van der Waals surface area contributed by atoms with Crippen LogP contribution in [0.4, 0.5) is 0 Å². The lowest BCUT2D eigenvalue weighted by Crippen LogP contribution is -2.33. The number of rotatable bonds is 4. The van der Waals surface area contributed by atoms with E-state index in [2.05, 4.69) is 0 Å². The molecule has 0 saturated heterocycles. The number of hydrogen-bond donors (Lipinski definition) is 1. The van der Waals surface area contributed by atoms with Gasteiger partial charge in [0.15, 0.2) is 0 Å². The van der Waals surface area contributed by atoms with E-state index in [1.54, 1.807) is 20.8 Å². The molecule has 0 spiro atoms. The van der Waals surface area contributed by atoms with Gasteiger partial charge in [-0.25, -0.2) is 4.79 Å². The van der Waals surface area contributed by atoms with Crippen molar-refractivity contribution < 1.29 is 19.4 Å². The van der Waals surface area contributed by atoms with Crippen molar-refractivity contribution in [3.63, 3.8) is 0 Å². The molecular weight excluding hydrogens is 274 g/mol. The number of pyridine rings is 1. The molecule has 1 N–H and O–H groups in total. The van der Waals surface area contributed by atoms with Crippen LogP contribution in [-0.2, 0) is 16.1 Å². The molecule has 1 rings (SSSR count). The maximum atomic E-state index is 12.1. The van der Waals surface area contributed by atoms with Crippen molar-refractivity contribution in [3.05, 3.63) is 33.7 Å². The lowest BCUT2D eigenvalue weighted by atomic mass is 10.0. The van der Waals surface area contributed by atoms with E-state index < -0.39 is 23.1 Å². The molecule has 1 heterocycles. The van der Waals surface area contributed by atoms with E-state index in [1.807, 2.05) is 13.8 Å². The number of carbonyl (C=O) groups is 2.